The smallest absolute Gasteiger partial charge is 0.246 e. The molecule has 0 saturated carbocycles. The lowest BCUT2D eigenvalue weighted by atomic mass is 10.2. The molecule has 1 aromatic carbocycles. The number of likely N-dealkylation sites (tertiary alicyclic amines) is 1. The van der Waals surface area contributed by atoms with E-state index in [9.17, 15) is 9.18 Å². The van der Waals surface area contributed by atoms with Crippen molar-refractivity contribution in [1.82, 2.24) is 4.90 Å². The minimum atomic E-state index is -0.461. The predicted octanol–water partition coefficient (Wildman–Crippen LogP) is 2.48. The van der Waals surface area contributed by atoms with Crippen LogP contribution in [0.3, 0.4) is 0 Å². The largest absolute Gasteiger partial charge is 0.394 e. The van der Waals surface area contributed by atoms with Crippen LogP contribution in [-0.2, 0) is 4.79 Å². The van der Waals surface area contributed by atoms with Gasteiger partial charge < -0.3 is 10.0 Å². The molecule has 1 N–H and O–H groups in total. The van der Waals surface area contributed by atoms with Gasteiger partial charge in [0.2, 0.25) is 5.91 Å². The highest BCUT2D eigenvalue weighted by atomic mass is 35.5. The number of halogens is 2. The van der Waals surface area contributed by atoms with Crippen LogP contribution in [0.4, 0.5) is 4.39 Å². The lowest BCUT2D eigenvalue weighted by molar-refractivity contribution is -0.127. The first-order valence-electron chi connectivity index (χ1n) is 6.17. The molecule has 1 saturated heterocycles. The summed E-state index contributed by atoms with van der Waals surface area (Å²) in [6, 6.07) is 4.25. The van der Waals surface area contributed by atoms with Crippen LogP contribution < -0.4 is 0 Å². The minimum absolute atomic E-state index is 0.0416. The Balaban J connectivity index is 2.12. The molecule has 1 aliphatic heterocycles. The SMILES string of the molecule is O=C(C=Cc1c(F)cccc1Cl)N1CCC[C@H]1CO. The summed E-state index contributed by atoms with van der Waals surface area (Å²) in [4.78, 5) is 13.6. The molecular weight excluding hydrogens is 269 g/mol. The molecule has 0 aromatic heterocycles. The molecule has 1 aliphatic rings. The molecule has 5 heteroatoms. The first-order chi connectivity index (χ1) is 9.13. The lowest BCUT2D eigenvalue weighted by Crippen LogP contribution is -2.36. The zero-order valence-corrected chi connectivity index (χ0v) is 11.1. The van der Waals surface area contributed by atoms with E-state index in [1.807, 2.05) is 0 Å². The Kier molecular flexibility index (Phi) is 4.56. The van der Waals surface area contributed by atoms with E-state index >= 15 is 0 Å². The number of hydrogen-bond donors (Lipinski definition) is 1. The van der Waals surface area contributed by atoms with Crippen molar-refractivity contribution in [2.45, 2.75) is 18.9 Å². The standard InChI is InChI=1S/C14H15ClFNO2/c15-12-4-1-5-13(16)11(12)6-7-14(19)17-8-2-3-10(17)9-18/h1,4-7,10,18H,2-3,8-9H2/t10-/m0/s1. The highest BCUT2D eigenvalue weighted by Gasteiger charge is 2.26. The number of nitrogens with zero attached hydrogens (tertiary/aromatic N) is 1. The van der Waals surface area contributed by atoms with E-state index in [1.54, 1.807) is 11.0 Å². The monoisotopic (exact) mass is 283 g/mol. The molecule has 102 valence electrons. The minimum Gasteiger partial charge on any atom is -0.394 e. The molecule has 1 aromatic rings. The van der Waals surface area contributed by atoms with Crippen LogP contribution in [0.2, 0.25) is 5.02 Å². The van der Waals surface area contributed by atoms with Crippen molar-refractivity contribution in [3.63, 3.8) is 0 Å². The van der Waals surface area contributed by atoms with Gasteiger partial charge in [0.05, 0.1) is 17.7 Å². The number of rotatable bonds is 3. The van der Waals surface area contributed by atoms with Crippen molar-refractivity contribution < 1.29 is 14.3 Å². The molecular formula is C14H15ClFNO2. The second-order valence-electron chi connectivity index (χ2n) is 4.48. The molecule has 19 heavy (non-hydrogen) atoms. The summed E-state index contributed by atoms with van der Waals surface area (Å²) >= 11 is 5.87. The fourth-order valence-electron chi connectivity index (χ4n) is 2.24. The van der Waals surface area contributed by atoms with Gasteiger partial charge >= 0.3 is 0 Å². The van der Waals surface area contributed by atoms with E-state index in [2.05, 4.69) is 0 Å². The molecule has 0 bridgehead atoms. The van der Waals surface area contributed by atoms with Gasteiger partial charge in [-0.2, -0.15) is 0 Å². The van der Waals surface area contributed by atoms with Gasteiger partial charge in [0, 0.05) is 18.2 Å². The van der Waals surface area contributed by atoms with Crippen molar-refractivity contribution in [2.75, 3.05) is 13.2 Å². The Bertz CT molecular complexity index is 484. The van der Waals surface area contributed by atoms with Gasteiger partial charge in [-0.3, -0.25) is 4.79 Å². The number of aliphatic hydroxyl groups is 1. The highest BCUT2D eigenvalue weighted by molar-refractivity contribution is 6.32. The fourth-order valence-corrected chi connectivity index (χ4v) is 2.46. The van der Waals surface area contributed by atoms with Crippen molar-refractivity contribution >= 4 is 23.6 Å². The quantitative estimate of drug-likeness (QED) is 0.866. The highest BCUT2D eigenvalue weighted by Crippen LogP contribution is 2.21. The number of aliphatic hydroxyl groups excluding tert-OH is 1. The molecule has 2 rings (SSSR count). The van der Waals surface area contributed by atoms with Crippen LogP contribution >= 0.6 is 11.6 Å². The number of carbonyl (C=O) groups is 1. The summed E-state index contributed by atoms with van der Waals surface area (Å²) < 4.78 is 13.5. The molecule has 0 unspecified atom stereocenters. The van der Waals surface area contributed by atoms with Crippen LogP contribution in [-0.4, -0.2) is 35.1 Å². The predicted molar refractivity (Wildman–Crippen MR) is 72.3 cm³/mol. The Morgan fingerprint density at radius 3 is 3.05 bits per heavy atom. The summed E-state index contributed by atoms with van der Waals surface area (Å²) in [7, 11) is 0. The van der Waals surface area contributed by atoms with E-state index in [0.717, 1.165) is 12.8 Å². The van der Waals surface area contributed by atoms with Crippen molar-refractivity contribution in [3.8, 4) is 0 Å². The first-order valence-corrected chi connectivity index (χ1v) is 6.55. The Hall–Kier alpha value is -1.39. The molecule has 1 heterocycles. The first kappa shape index (κ1) is 14.0. The third kappa shape index (κ3) is 3.14. The third-order valence-electron chi connectivity index (χ3n) is 3.26. The van der Waals surface area contributed by atoms with E-state index in [1.165, 1.54) is 24.3 Å². The maximum Gasteiger partial charge on any atom is 0.246 e. The molecule has 1 fully saturated rings. The number of carbonyl (C=O) groups excluding carboxylic acids is 1. The number of benzene rings is 1. The van der Waals surface area contributed by atoms with Crippen molar-refractivity contribution in [1.29, 1.82) is 0 Å². The average Bonchev–Trinajstić information content (AvgIpc) is 2.86. The fraction of sp³-hybridized carbons (Fsp3) is 0.357. The van der Waals surface area contributed by atoms with Gasteiger partial charge in [0.25, 0.3) is 0 Å². The Morgan fingerprint density at radius 2 is 2.37 bits per heavy atom. The molecule has 0 radical (unpaired) electrons. The maximum atomic E-state index is 13.5. The van der Waals surface area contributed by atoms with E-state index in [4.69, 9.17) is 16.7 Å². The van der Waals surface area contributed by atoms with Crippen LogP contribution in [0.5, 0.6) is 0 Å². The van der Waals surface area contributed by atoms with Crippen LogP contribution in [0.1, 0.15) is 18.4 Å². The van der Waals surface area contributed by atoms with Crippen LogP contribution in [0.25, 0.3) is 6.08 Å². The normalized spacial score (nSPS) is 19.3. The Labute approximate surface area is 116 Å². The van der Waals surface area contributed by atoms with E-state index in [0.29, 0.717) is 6.54 Å². The Morgan fingerprint density at radius 1 is 1.58 bits per heavy atom. The van der Waals surface area contributed by atoms with Crippen molar-refractivity contribution in [3.05, 3.63) is 40.7 Å². The number of amides is 1. The van der Waals surface area contributed by atoms with Crippen LogP contribution in [0.15, 0.2) is 24.3 Å². The molecule has 0 spiro atoms. The second kappa shape index (κ2) is 6.17. The van der Waals surface area contributed by atoms with E-state index in [-0.39, 0.29) is 29.1 Å². The summed E-state index contributed by atoms with van der Waals surface area (Å²) in [5.41, 5.74) is 0.206. The van der Waals surface area contributed by atoms with Gasteiger partial charge in [-0.05, 0) is 31.1 Å². The zero-order valence-electron chi connectivity index (χ0n) is 10.4. The van der Waals surface area contributed by atoms with Crippen molar-refractivity contribution in [2.24, 2.45) is 0 Å². The number of hydrogen-bond acceptors (Lipinski definition) is 2. The van der Waals surface area contributed by atoms with Gasteiger partial charge in [-0.25, -0.2) is 4.39 Å². The van der Waals surface area contributed by atoms with Gasteiger partial charge in [0.15, 0.2) is 0 Å². The summed E-state index contributed by atoms with van der Waals surface area (Å²) in [6.07, 6.45) is 4.37. The molecule has 1 amide bonds. The van der Waals surface area contributed by atoms with E-state index < -0.39 is 5.82 Å². The second-order valence-corrected chi connectivity index (χ2v) is 4.89. The lowest BCUT2D eigenvalue weighted by Gasteiger charge is -2.21. The van der Waals surface area contributed by atoms with Crippen LogP contribution in [0, 0.1) is 5.82 Å². The maximum absolute atomic E-state index is 13.5. The van der Waals surface area contributed by atoms with Gasteiger partial charge in [-0.15, -0.1) is 0 Å². The molecule has 3 nitrogen and oxygen atoms in total. The summed E-state index contributed by atoms with van der Waals surface area (Å²) in [5.74, 6) is -0.687. The topological polar surface area (TPSA) is 40.5 Å². The molecule has 1 atom stereocenters. The van der Waals surface area contributed by atoms with Gasteiger partial charge in [0.1, 0.15) is 5.82 Å². The zero-order chi connectivity index (χ0) is 13.8. The molecule has 0 aliphatic carbocycles. The third-order valence-corrected chi connectivity index (χ3v) is 3.59. The summed E-state index contributed by atoms with van der Waals surface area (Å²) in [5, 5.41) is 9.43. The summed E-state index contributed by atoms with van der Waals surface area (Å²) in [6.45, 7) is 0.583. The van der Waals surface area contributed by atoms with Gasteiger partial charge in [-0.1, -0.05) is 17.7 Å². The average molecular weight is 284 g/mol.